The van der Waals surface area contributed by atoms with E-state index in [2.05, 4.69) is 5.32 Å². The number of carboxylic acid groups (broad SMARTS) is 1. The Bertz CT molecular complexity index is 1010. The molecule has 0 saturated heterocycles. The number of carbonyl (C=O) groups is 2. The lowest BCUT2D eigenvalue weighted by molar-refractivity contribution is 0.0693. The van der Waals surface area contributed by atoms with Gasteiger partial charge in [-0.25, -0.2) is 4.79 Å². The largest absolute Gasteiger partial charge is 0.507 e. The minimum atomic E-state index is -1.29. The van der Waals surface area contributed by atoms with Crippen molar-refractivity contribution in [2.45, 2.75) is 6.92 Å². The molecular formula is C19H14ClNO5. The maximum Gasteiger partial charge on any atom is 0.339 e. The molecule has 0 spiro atoms. The van der Waals surface area contributed by atoms with Gasteiger partial charge in [0, 0.05) is 16.3 Å². The fourth-order valence-corrected chi connectivity index (χ4v) is 2.65. The highest BCUT2D eigenvalue weighted by molar-refractivity contribution is 6.30. The van der Waals surface area contributed by atoms with Crippen LogP contribution in [-0.2, 0) is 0 Å². The van der Waals surface area contributed by atoms with Crippen molar-refractivity contribution in [3.63, 3.8) is 0 Å². The number of furan rings is 1. The van der Waals surface area contributed by atoms with Crippen LogP contribution in [0, 0.1) is 6.92 Å². The van der Waals surface area contributed by atoms with Gasteiger partial charge in [0.2, 0.25) is 0 Å². The number of carbonyl (C=O) groups excluding carboxylic acids is 1. The fourth-order valence-electron chi connectivity index (χ4n) is 2.46. The van der Waals surface area contributed by atoms with Gasteiger partial charge in [0.15, 0.2) is 5.76 Å². The SMILES string of the molecule is Cc1cc(NC(=O)c2ccc(-c3cccc(Cl)c3)o2)cc(C(=O)O)c1O. The average molecular weight is 372 g/mol. The molecule has 1 heterocycles. The molecule has 1 amide bonds. The Morgan fingerprint density at radius 2 is 1.88 bits per heavy atom. The highest BCUT2D eigenvalue weighted by Crippen LogP contribution is 2.28. The van der Waals surface area contributed by atoms with Crippen molar-refractivity contribution in [1.82, 2.24) is 0 Å². The lowest BCUT2D eigenvalue weighted by Gasteiger charge is -2.09. The van der Waals surface area contributed by atoms with Crippen LogP contribution in [0.4, 0.5) is 5.69 Å². The van der Waals surface area contributed by atoms with E-state index in [0.29, 0.717) is 16.3 Å². The van der Waals surface area contributed by atoms with E-state index in [0.717, 1.165) is 5.56 Å². The van der Waals surface area contributed by atoms with Crippen LogP contribution in [0.5, 0.6) is 5.75 Å². The third-order valence-electron chi connectivity index (χ3n) is 3.73. The molecular weight excluding hydrogens is 358 g/mol. The number of anilines is 1. The summed E-state index contributed by atoms with van der Waals surface area (Å²) < 4.78 is 5.55. The van der Waals surface area contributed by atoms with Crippen molar-refractivity contribution in [1.29, 1.82) is 0 Å². The van der Waals surface area contributed by atoms with Crippen LogP contribution >= 0.6 is 11.6 Å². The van der Waals surface area contributed by atoms with Crippen molar-refractivity contribution < 1.29 is 24.2 Å². The standard InChI is InChI=1S/C19H14ClNO5/c1-10-7-13(9-14(17(10)22)19(24)25)21-18(23)16-6-5-15(26-16)11-3-2-4-12(20)8-11/h2-9,22H,1H3,(H,21,23)(H,24,25). The van der Waals surface area contributed by atoms with Gasteiger partial charge in [-0.1, -0.05) is 23.7 Å². The molecule has 0 radical (unpaired) electrons. The lowest BCUT2D eigenvalue weighted by atomic mass is 10.1. The monoisotopic (exact) mass is 371 g/mol. The van der Waals surface area contributed by atoms with Crippen LogP contribution in [0.3, 0.4) is 0 Å². The number of aryl methyl sites for hydroxylation is 1. The number of hydrogen-bond acceptors (Lipinski definition) is 4. The van der Waals surface area contributed by atoms with E-state index in [-0.39, 0.29) is 22.8 Å². The number of benzene rings is 2. The van der Waals surface area contributed by atoms with Crippen molar-refractivity contribution in [2.75, 3.05) is 5.32 Å². The van der Waals surface area contributed by atoms with Gasteiger partial charge in [0.1, 0.15) is 17.1 Å². The van der Waals surface area contributed by atoms with Gasteiger partial charge in [-0.15, -0.1) is 0 Å². The summed E-state index contributed by atoms with van der Waals surface area (Å²) in [6.07, 6.45) is 0. The molecule has 7 heteroatoms. The van der Waals surface area contributed by atoms with Crippen LogP contribution in [-0.4, -0.2) is 22.1 Å². The molecule has 3 rings (SSSR count). The summed E-state index contributed by atoms with van der Waals surface area (Å²) >= 11 is 5.95. The number of hydrogen-bond donors (Lipinski definition) is 3. The Kier molecular flexibility index (Phi) is 4.69. The summed E-state index contributed by atoms with van der Waals surface area (Å²) in [5.74, 6) is -1.63. The fraction of sp³-hybridized carbons (Fsp3) is 0.0526. The Morgan fingerprint density at radius 1 is 1.12 bits per heavy atom. The van der Waals surface area contributed by atoms with Crippen LogP contribution < -0.4 is 5.32 Å². The molecule has 2 aromatic carbocycles. The summed E-state index contributed by atoms with van der Waals surface area (Å²) in [5, 5.41) is 22.0. The number of rotatable bonds is 4. The minimum Gasteiger partial charge on any atom is -0.507 e. The van der Waals surface area contributed by atoms with Crippen LogP contribution in [0.1, 0.15) is 26.5 Å². The number of nitrogens with one attached hydrogen (secondary N) is 1. The highest BCUT2D eigenvalue weighted by Gasteiger charge is 2.17. The quantitative estimate of drug-likeness (QED) is 0.583. The Labute approximate surface area is 153 Å². The molecule has 0 atom stereocenters. The number of aromatic hydroxyl groups is 1. The molecule has 0 aliphatic rings. The second kappa shape index (κ2) is 6.93. The van der Waals surface area contributed by atoms with E-state index in [1.54, 1.807) is 37.3 Å². The molecule has 0 fully saturated rings. The second-order valence-electron chi connectivity index (χ2n) is 5.62. The van der Waals surface area contributed by atoms with E-state index in [1.807, 2.05) is 0 Å². The molecule has 3 aromatic rings. The molecule has 132 valence electrons. The van der Waals surface area contributed by atoms with Gasteiger partial charge >= 0.3 is 5.97 Å². The molecule has 6 nitrogen and oxygen atoms in total. The van der Waals surface area contributed by atoms with E-state index in [1.165, 1.54) is 18.2 Å². The van der Waals surface area contributed by atoms with Crippen molar-refractivity contribution >= 4 is 29.2 Å². The van der Waals surface area contributed by atoms with E-state index < -0.39 is 11.9 Å². The van der Waals surface area contributed by atoms with Gasteiger partial charge in [-0.05, 0) is 48.9 Å². The second-order valence-corrected chi connectivity index (χ2v) is 6.06. The van der Waals surface area contributed by atoms with E-state index in [4.69, 9.17) is 21.1 Å². The third kappa shape index (κ3) is 3.55. The lowest BCUT2D eigenvalue weighted by Crippen LogP contribution is -2.12. The number of amides is 1. The zero-order valence-corrected chi connectivity index (χ0v) is 14.4. The Balaban J connectivity index is 1.84. The molecule has 0 bridgehead atoms. The molecule has 0 aliphatic heterocycles. The summed E-state index contributed by atoms with van der Waals surface area (Å²) in [5.41, 5.74) is 1.01. The van der Waals surface area contributed by atoms with Gasteiger partial charge in [0.25, 0.3) is 5.91 Å². The zero-order valence-electron chi connectivity index (χ0n) is 13.6. The minimum absolute atomic E-state index is 0.0579. The average Bonchev–Trinajstić information content (AvgIpc) is 3.08. The van der Waals surface area contributed by atoms with Crippen LogP contribution in [0.25, 0.3) is 11.3 Å². The topological polar surface area (TPSA) is 99.8 Å². The van der Waals surface area contributed by atoms with Gasteiger partial charge in [-0.3, -0.25) is 4.79 Å². The predicted octanol–water partition coefficient (Wildman–Crippen LogP) is 4.56. The Hall–Kier alpha value is -3.25. The van der Waals surface area contributed by atoms with E-state index >= 15 is 0 Å². The zero-order chi connectivity index (χ0) is 18.8. The van der Waals surface area contributed by atoms with Crippen molar-refractivity contribution in [3.8, 4) is 17.1 Å². The molecule has 0 aliphatic carbocycles. The van der Waals surface area contributed by atoms with E-state index in [9.17, 15) is 14.7 Å². The smallest absolute Gasteiger partial charge is 0.339 e. The van der Waals surface area contributed by atoms with Gasteiger partial charge in [0.05, 0.1) is 0 Å². The first-order valence-corrected chi connectivity index (χ1v) is 7.97. The predicted molar refractivity (Wildman–Crippen MR) is 96.9 cm³/mol. The molecule has 0 saturated carbocycles. The summed E-state index contributed by atoms with van der Waals surface area (Å²) in [6, 6.07) is 12.8. The van der Waals surface area contributed by atoms with Crippen LogP contribution in [0.2, 0.25) is 5.02 Å². The Morgan fingerprint density at radius 3 is 2.58 bits per heavy atom. The number of aromatic carboxylic acids is 1. The number of carboxylic acids is 1. The first-order chi connectivity index (χ1) is 12.3. The van der Waals surface area contributed by atoms with Gasteiger partial charge < -0.3 is 19.9 Å². The molecule has 0 unspecified atom stereocenters. The molecule has 1 aromatic heterocycles. The van der Waals surface area contributed by atoms with Crippen LogP contribution in [0.15, 0.2) is 52.9 Å². The number of phenols is 1. The maximum atomic E-state index is 12.4. The first-order valence-electron chi connectivity index (χ1n) is 7.59. The van der Waals surface area contributed by atoms with Crippen molar-refractivity contribution in [3.05, 3.63) is 70.4 Å². The number of halogens is 1. The van der Waals surface area contributed by atoms with Gasteiger partial charge in [-0.2, -0.15) is 0 Å². The third-order valence-corrected chi connectivity index (χ3v) is 3.96. The molecule has 26 heavy (non-hydrogen) atoms. The van der Waals surface area contributed by atoms with Crippen molar-refractivity contribution in [2.24, 2.45) is 0 Å². The maximum absolute atomic E-state index is 12.4. The molecule has 3 N–H and O–H groups in total. The highest BCUT2D eigenvalue weighted by atomic mass is 35.5. The summed E-state index contributed by atoms with van der Waals surface area (Å²) in [4.78, 5) is 23.5. The summed E-state index contributed by atoms with van der Waals surface area (Å²) in [6.45, 7) is 1.54. The first kappa shape index (κ1) is 17.6. The normalized spacial score (nSPS) is 10.5. The summed E-state index contributed by atoms with van der Waals surface area (Å²) in [7, 11) is 0.